The third-order valence-corrected chi connectivity index (χ3v) is 5.01. The Hall–Kier alpha value is -2.16. The van der Waals surface area contributed by atoms with Crippen molar-refractivity contribution in [2.75, 3.05) is 11.1 Å². The Kier molecular flexibility index (Phi) is 4.94. The van der Waals surface area contributed by atoms with Gasteiger partial charge in [-0.3, -0.25) is 4.79 Å². The van der Waals surface area contributed by atoms with Gasteiger partial charge < -0.3 is 5.32 Å². The fourth-order valence-electron chi connectivity index (χ4n) is 2.85. The quantitative estimate of drug-likeness (QED) is 0.870. The van der Waals surface area contributed by atoms with Gasteiger partial charge in [-0.05, 0) is 31.4 Å². The van der Waals surface area contributed by atoms with Gasteiger partial charge in [0, 0.05) is 11.6 Å². The van der Waals surface area contributed by atoms with Gasteiger partial charge in [-0.2, -0.15) is 18.2 Å². The molecule has 3 amide bonds. The van der Waals surface area contributed by atoms with Gasteiger partial charge in [-0.15, -0.1) is 0 Å². The largest absolute Gasteiger partial charge is 0.418 e. The number of urea groups is 1. The van der Waals surface area contributed by atoms with Crippen molar-refractivity contribution in [3.05, 3.63) is 29.8 Å². The van der Waals surface area contributed by atoms with E-state index in [9.17, 15) is 22.8 Å². The highest BCUT2D eigenvalue weighted by Crippen LogP contribution is 2.35. The zero-order valence-electron chi connectivity index (χ0n) is 13.0. The first-order valence-corrected chi connectivity index (χ1v) is 8.62. The molecule has 0 aromatic heterocycles. The van der Waals surface area contributed by atoms with Gasteiger partial charge in [0.15, 0.2) is 0 Å². The highest BCUT2D eigenvalue weighted by Gasteiger charge is 2.34. The Balaban J connectivity index is 1.64. The van der Waals surface area contributed by atoms with Crippen LogP contribution in [0.5, 0.6) is 0 Å². The lowest BCUT2D eigenvalue weighted by molar-refractivity contribution is -0.137. The van der Waals surface area contributed by atoms with Crippen molar-refractivity contribution in [3.8, 4) is 0 Å². The zero-order valence-corrected chi connectivity index (χ0v) is 13.8. The van der Waals surface area contributed by atoms with Crippen molar-refractivity contribution in [2.24, 2.45) is 15.9 Å². The van der Waals surface area contributed by atoms with Crippen LogP contribution >= 0.6 is 11.8 Å². The summed E-state index contributed by atoms with van der Waals surface area (Å²) < 4.78 is 38.8. The van der Waals surface area contributed by atoms with E-state index < -0.39 is 23.7 Å². The lowest BCUT2D eigenvalue weighted by atomic mass is 10.1. The Morgan fingerprint density at radius 3 is 2.80 bits per heavy atom. The van der Waals surface area contributed by atoms with Crippen LogP contribution < -0.4 is 5.32 Å². The van der Waals surface area contributed by atoms with Gasteiger partial charge in [0.05, 0.1) is 22.0 Å². The maximum Gasteiger partial charge on any atom is 0.418 e. The summed E-state index contributed by atoms with van der Waals surface area (Å²) in [4.78, 5) is 31.3. The van der Waals surface area contributed by atoms with E-state index >= 15 is 0 Å². The number of thioether (sulfide) groups is 1. The first kappa shape index (κ1) is 17.7. The fraction of sp³-hybridized carbons (Fsp3) is 0.375. The molecule has 9 heteroatoms. The Morgan fingerprint density at radius 1 is 1.28 bits per heavy atom. The number of nitrogens with one attached hydrogen (secondary N) is 1. The number of anilines is 1. The summed E-state index contributed by atoms with van der Waals surface area (Å²) in [5.74, 6) is -0.751. The molecule has 1 atom stereocenters. The van der Waals surface area contributed by atoms with Gasteiger partial charge in [-0.25, -0.2) is 9.79 Å². The number of alkyl halides is 3. The minimum Gasteiger partial charge on any atom is -0.325 e. The normalized spacial score (nSPS) is 20.0. The second-order valence-electron chi connectivity index (χ2n) is 5.66. The van der Waals surface area contributed by atoms with E-state index in [1.165, 1.54) is 18.2 Å². The molecular weight excluding hydrogens is 355 g/mol. The van der Waals surface area contributed by atoms with E-state index in [2.05, 4.69) is 15.3 Å². The van der Waals surface area contributed by atoms with Crippen molar-refractivity contribution >= 4 is 40.1 Å². The van der Waals surface area contributed by atoms with Gasteiger partial charge in [-0.1, -0.05) is 23.9 Å². The van der Waals surface area contributed by atoms with Crippen molar-refractivity contribution in [1.29, 1.82) is 0 Å². The lowest BCUT2D eigenvalue weighted by Gasteiger charge is -2.17. The van der Waals surface area contributed by atoms with Gasteiger partial charge in [0.2, 0.25) is 5.91 Å². The number of hydrogen-bond acceptors (Lipinski definition) is 3. The van der Waals surface area contributed by atoms with Crippen LogP contribution in [0.4, 0.5) is 23.7 Å². The van der Waals surface area contributed by atoms with E-state index in [-0.39, 0.29) is 17.4 Å². The second-order valence-corrected chi connectivity index (χ2v) is 6.66. The number of amides is 3. The summed E-state index contributed by atoms with van der Waals surface area (Å²) in [6.07, 6.45) is -2.09. The molecule has 1 saturated carbocycles. The standard InChI is InChI=1S/C16H14F3N3O2S/c17-16(18,19)10-5-1-2-6-12(10)20-13(23)8-25-14-9-4-3-7-11(9)21-15(24)22-14/h1-2,5-6,9H,3-4,7-8H2,(H,20,23). The molecule has 1 aliphatic heterocycles. The van der Waals surface area contributed by atoms with Crippen LogP contribution in [0.15, 0.2) is 34.3 Å². The molecule has 1 aliphatic carbocycles. The van der Waals surface area contributed by atoms with Crippen LogP contribution in [0.25, 0.3) is 0 Å². The SMILES string of the molecule is O=C1N=C2CCCC2C(SCC(=O)Nc2ccccc2C(F)(F)F)=N1. The molecule has 25 heavy (non-hydrogen) atoms. The zero-order chi connectivity index (χ0) is 18.0. The number of para-hydroxylation sites is 1. The molecule has 1 N–H and O–H groups in total. The Labute approximate surface area is 145 Å². The van der Waals surface area contributed by atoms with Gasteiger partial charge >= 0.3 is 12.2 Å². The summed E-state index contributed by atoms with van der Waals surface area (Å²) >= 11 is 1.07. The number of nitrogens with zero attached hydrogens (tertiary/aromatic N) is 2. The lowest BCUT2D eigenvalue weighted by Crippen LogP contribution is -2.25. The third kappa shape index (κ3) is 4.09. The maximum absolute atomic E-state index is 12.9. The second kappa shape index (κ2) is 6.99. The maximum atomic E-state index is 12.9. The fourth-order valence-corrected chi connectivity index (χ4v) is 3.79. The van der Waals surface area contributed by atoms with E-state index in [1.54, 1.807) is 0 Å². The van der Waals surface area contributed by atoms with E-state index in [4.69, 9.17) is 0 Å². The Morgan fingerprint density at radius 2 is 2.04 bits per heavy atom. The molecule has 1 aromatic rings. The molecule has 1 heterocycles. The van der Waals surface area contributed by atoms with Crippen molar-refractivity contribution in [3.63, 3.8) is 0 Å². The molecule has 5 nitrogen and oxygen atoms in total. The number of hydrogen-bond donors (Lipinski definition) is 1. The topological polar surface area (TPSA) is 70.9 Å². The first-order valence-electron chi connectivity index (χ1n) is 7.63. The van der Waals surface area contributed by atoms with Crippen molar-refractivity contribution in [2.45, 2.75) is 25.4 Å². The number of fused-ring (bicyclic) bond motifs is 1. The van der Waals surface area contributed by atoms with Crippen LogP contribution in [-0.4, -0.2) is 28.4 Å². The molecular formula is C16H14F3N3O2S. The van der Waals surface area contributed by atoms with Crippen LogP contribution in [-0.2, 0) is 11.0 Å². The number of benzene rings is 1. The molecule has 0 spiro atoms. The molecule has 3 rings (SSSR count). The average Bonchev–Trinajstić information content (AvgIpc) is 3.00. The van der Waals surface area contributed by atoms with E-state index in [0.717, 1.165) is 42.8 Å². The highest BCUT2D eigenvalue weighted by atomic mass is 32.2. The van der Waals surface area contributed by atoms with Crippen LogP contribution in [0.3, 0.4) is 0 Å². The molecule has 132 valence electrons. The average molecular weight is 369 g/mol. The van der Waals surface area contributed by atoms with Gasteiger partial charge in [0.25, 0.3) is 0 Å². The molecule has 1 fully saturated rings. The predicted octanol–water partition coefficient (Wildman–Crippen LogP) is 4.15. The van der Waals surface area contributed by atoms with Crippen molar-refractivity contribution < 1.29 is 22.8 Å². The minimum absolute atomic E-state index is 0.0436. The van der Waals surface area contributed by atoms with E-state index in [1.807, 2.05) is 0 Å². The summed E-state index contributed by atoms with van der Waals surface area (Å²) in [6, 6.07) is 4.21. The molecule has 2 aliphatic rings. The molecule has 0 bridgehead atoms. The highest BCUT2D eigenvalue weighted by molar-refractivity contribution is 8.14. The third-order valence-electron chi connectivity index (χ3n) is 3.93. The summed E-state index contributed by atoms with van der Waals surface area (Å²) in [6.45, 7) is 0. The van der Waals surface area contributed by atoms with Crippen LogP contribution in [0.2, 0.25) is 0 Å². The smallest absolute Gasteiger partial charge is 0.325 e. The molecule has 1 unspecified atom stereocenters. The summed E-state index contributed by atoms with van der Waals surface area (Å²) in [5, 5.41) is 2.80. The number of carbonyl (C=O) groups is 2. The minimum atomic E-state index is -4.55. The predicted molar refractivity (Wildman–Crippen MR) is 90.1 cm³/mol. The first-order chi connectivity index (χ1) is 11.8. The Bertz CT molecular complexity index is 774. The molecule has 1 aromatic carbocycles. The van der Waals surface area contributed by atoms with Gasteiger partial charge in [0.1, 0.15) is 0 Å². The molecule has 0 saturated heterocycles. The number of halogens is 3. The molecule has 0 radical (unpaired) electrons. The van der Waals surface area contributed by atoms with E-state index in [0.29, 0.717) is 5.04 Å². The summed E-state index contributed by atoms with van der Waals surface area (Å²) in [5.41, 5.74) is -0.403. The van der Waals surface area contributed by atoms with Crippen LogP contribution in [0.1, 0.15) is 24.8 Å². The monoisotopic (exact) mass is 369 g/mol. The number of carbonyl (C=O) groups excluding carboxylic acids is 2. The summed E-state index contributed by atoms with van der Waals surface area (Å²) in [7, 11) is 0. The number of aliphatic imine (C=N–C) groups is 2. The van der Waals surface area contributed by atoms with Crippen molar-refractivity contribution in [1.82, 2.24) is 0 Å². The number of rotatable bonds is 3. The van der Waals surface area contributed by atoms with Crippen LogP contribution in [0, 0.1) is 5.92 Å².